The van der Waals surface area contributed by atoms with Crippen molar-refractivity contribution in [2.24, 2.45) is 0 Å². The van der Waals surface area contributed by atoms with Crippen LogP contribution in [0.5, 0.6) is 0 Å². The number of carboxylic acid groups (broad SMARTS) is 1. The third kappa shape index (κ3) is 1.83. The first-order chi connectivity index (χ1) is 7.03. The smallest absolute Gasteiger partial charge is 0.327 e. The Balaban J connectivity index is 3.25. The summed E-state index contributed by atoms with van der Waals surface area (Å²) in [6.07, 6.45) is 0. The maximum absolute atomic E-state index is 11.5. The van der Waals surface area contributed by atoms with Crippen LogP contribution in [0.25, 0.3) is 0 Å². The van der Waals surface area contributed by atoms with Crippen LogP contribution in [-0.4, -0.2) is 24.2 Å². The number of carbonyl (C=O) groups is 2. The fraction of sp³-hybridized carbons (Fsp3) is 0.273. The molecule has 1 aromatic rings. The summed E-state index contributed by atoms with van der Waals surface area (Å²) in [5, 5.41) is 9.09. The molecule has 80 valence electrons. The molecular weight excluding hydrogens is 196 g/mol. The first kappa shape index (κ1) is 11.2. The zero-order valence-electron chi connectivity index (χ0n) is 8.56. The van der Waals surface area contributed by atoms with Crippen LogP contribution < -0.4 is 0 Å². The van der Waals surface area contributed by atoms with E-state index in [1.807, 2.05) is 0 Å². The third-order valence-corrected chi connectivity index (χ3v) is 2.37. The van der Waals surface area contributed by atoms with Gasteiger partial charge in [-0.1, -0.05) is 30.3 Å². The van der Waals surface area contributed by atoms with Gasteiger partial charge in [-0.15, -0.1) is 0 Å². The van der Waals surface area contributed by atoms with E-state index in [-0.39, 0.29) is 0 Å². The van der Waals surface area contributed by atoms with Crippen molar-refractivity contribution < 1.29 is 19.4 Å². The predicted octanol–water partition coefficient (Wildman–Crippen LogP) is 1.20. The molecule has 0 heterocycles. The van der Waals surface area contributed by atoms with Crippen LogP contribution in [0.4, 0.5) is 0 Å². The molecule has 0 amide bonds. The van der Waals surface area contributed by atoms with Gasteiger partial charge in [0.05, 0.1) is 7.11 Å². The molecule has 0 saturated heterocycles. The van der Waals surface area contributed by atoms with E-state index in [2.05, 4.69) is 4.74 Å². The Morgan fingerprint density at radius 2 is 1.80 bits per heavy atom. The quantitative estimate of drug-likeness (QED) is 0.598. The summed E-state index contributed by atoms with van der Waals surface area (Å²) in [4.78, 5) is 22.6. The van der Waals surface area contributed by atoms with Crippen LogP contribution in [0.2, 0.25) is 0 Å². The SMILES string of the molecule is COC(=O)C(C)(C(=O)O)c1ccccc1. The van der Waals surface area contributed by atoms with Gasteiger partial charge in [0.2, 0.25) is 0 Å². The summed E-state index contributed by atoms with van der Waals surface area (Å²) in [6.45, 7) is 1.33. The molecule has 0 aliphatic rings. The van der Waals surface area contributed by atoms with E-state index >= 15 is 0 Å². The molecule has 1 atom stereocenters. The van der Waals surface area contributed by atoms with E-state index in [4.69, 9.17) is 5.11 Å². The molecule has 1 rings (SSSR count). The number of benzene rings is 1. The molecule has 0 saturated carbocycles. The third-order valence-electron chi connectivity index (χ3n) is 2.37. The van der Waals surface area contributed by atoms with Gasteiger partial charge in [0, 0.05) is 0 Å². The molecule has 4 nitrogen and oxygen atoms in total. The standard InChI is InChI=1S/C11H12O4/c1-11(9(12)13,10(14)15-2)8-6-4-3-5-7-8/h3-7H,1-2H3,(H,12,13). The van der Waals surface area contributed by atoms with E-state index in [9.17, 15) is 9.59 Å². The van der Waals surface area contributed by atoms with Crippen molar-refractivity contribution in [3.8, 4) is 0 Å². The highest BCUT2D eigenvalue weighted by Gasteiger charge is 2.44. The molecule has 0 aromatic heterocycles. The summed E-state index contributed by atoms with van der Waals surface area (Å²) in [6, 6.07) is 8.29. The summed E-state index contributed by atoms with van der Waals surface area (Å²) < 4.78 is 4.51. The van der Waals surface area contributed by atoms with Gasteiger partial charge in [-0.3, -0.25) is 9.59 Å². The molecule has 1 unspecified atom stereocenters. The minimum atomic E-state index is -1.64. The molecule has 0 radical (unpaired) electrons. The Morgan fingerprint density at radius 1 is 1.27 bits per heavy atom. The molecule has 0 bridgehead atoms. The molecule has 1 aromatic carbocycles. The van der Waals surface area contributed by atoms with E-state index in [0.717, 1.165) is 0 Å². The van der Waals surface area contributed by atoms with Gasteiger partial charge in [-0.25, -0.2) is 0 Å². The first-order valence-electron chi connectivity index (χ1n) is 4.40. The van der Waals surface area contributed by atoms with Gasteiger partial charge in [0.25, 0.3) is 0 Å². The van der Waals surface area contributed by atoms with Crippen molar-refractivity contribution in [2.75, 3.05) is 7.11 Å². The van der Waals surface area contributed by atoms with Crippen LogP contribution >= 0.6 is 0 Å². The van der Waals surface area contributed by atoms with E-state index < -0.39 is 17.4 Å². The van der Waals surface area contributed by atoms with Crippen LogP contribution in [0.1, 0.15) is 12.5 Å². The molecule has 4 heteroatoms. The molecule has 0 aliphatic carbocycles. The zero-order valence-corrected chi connectivity index (χ0v) is 8.56. The number of ether oxygens (including phenoxy) is 1. The summed E-state index contributed by atoms with van der Waals surface area (Å²) in [5.41, 5.74) is -1.24. The molecule has 0 aliphatic heterocycles. The van der Waals surface area contributed by atoms with E-state index in [0.29, 0.717) is 5.56 Å². The summed E-state index contributed by atoms with van der Waals surface area (Å²) in [7, 11) is 1.17. The minimum absolute atomic E-state index is 0.407. The number of carbonyl (C=O) groups excluding carboxylic acids is 1. The van der Waals surface area contributed by atoms with Crippen molar-refractivity contribution in [1.82, 2.24) is 0 Å². The van der Waals surface area contributed by atoms with Crippen molar-refractivity contribution in [3.63, 3.8) is 0 Å². The second-order valence-corrected chi connectivity index (χ2v) is 3.29. The zero-order chi connectivity index (χ0) is 11.5. The van der Waals surface area contributed by atoms with Gasteiger partial charge >= 0.3 is 11.9 Å². The topological polar surface area (TPSA) is 63.6 Å². The monoisotopic (exact) mass is 208 g/mol. The van der Waals surface area contributed by atoms with E-state index in [1.54, 1.807) is 30.3 Å². The minimum Gasteiger partial charge on any atom is -0.480 e. The van der Waals surface area contributed by atoms with Crippen LogP contribution in [0, 0.1) is 0 Å². The van der Waals surface area contributed by atoms with Gasteiger partial charge in [0.1, 0.15) is 0 Å². The number of rotatable bonds is 3. The molecule has 0 spiro atoms. The number of aliphatic carboxylic acids is 1. The summed E-state index contributed by atoms with van der Waals surface area (Å²) >= 11 is 0. The number of carboxylic acids is 1. The predicted molar refractivity (Wildman–Crippen MR) is 53.4 cm³/mol. The Hall–Kier alpha value is -1.84. The highest BCUT2D eigenvalue weighted by molar-refractivity contribution is 6.04. The van der Waals surface area contributed by atoms with Crippen molar-refractivity contribution in [2.45, 2.75) is 12.3 Å². The molecule has 15 heavy (non-hydrogen) atoms. The van der Waals surface area contributed by atoms with Crippen LogP contribution in [0.3, 0.4) is 0 Å². The Bertz CT molecular complexity index is 371. The number of methoxy groups -OCH3 is 1. The molecular formula is C11H12O4. The van der Waals surface area contributed by atoms with Gasteiger partial charge < -0.3 is 9.84 Å². The van der Waals surface area contributed by atoms with Crippen LogP contribution in [-0.2, 0) is 19.7 Å². The van der Waals surface area contributed by atoms with Crippen molar-refractivity contribution in [3.05, 3.63) is 35.9 Å². The Morgan fingerprint density at radius 3 is 2.20 bits per heavy atom. The average Bonchev–Trinajstić information content (AvgIpc) is 2.27. The maximum Gasteiger partial charge on any atom is 0.327 e. The molecule has 1 N–H and O–H groups in total. The highest BCUT2D eigenvalue weighted by Crippen LogP contribution is 2.25. The largest absolute Gasteiger partial charge is 0.480 e. The lowest BCUT2D eigenvalue weighted by Crippen LogP contribution is -2.41. The fourth-order valence-corrected chi connectivity index (χ4v) is 1.30. The second kappa shape index (κ2) is 4.13. The first-order valence-corrected chi connectivity index (χ1v) is 4.40. The summed E-state index contributed by atoms with van der Waals surface area (Å²) in [5.74, 6) is -2.00. The van der Waals surface area contributed by atoms with Crippen LogP contribution in [0.15, 0.2) is 30.3 Å². The lowest BCUT2D eigenvalue weighted by atomic mass is 9.82. The van der Waals surface area contributed by atoms with Gasteiger partial charge in [0.15, 0.2) is 5.41 Å². The lowest BCUT2D eigenvalue weighted by Gasteiger charge is -2.21. The van der Waals surface area contributed by atoms with Crippen molar-refractivity contribution in [1.29, 1.82) is 0 Å². The normalized spacial score (nSPS) is 14.0. The number of hydrogen-bond acceptors (Lipinski definition) is 3. The average molecular weight is 208 g/mol. The number of hydrogen-bond donors (Lipinski definition) is 1. The number of esters is 1. The molecule has 0 fully saturated rings. The fourth-order valence-electron chi connectivity index (χ4n) is 1.30. The Kier molecular flexibility index (Phi) is 3.09. The maximum atomic E-state index is 11.5. The van der Waals surface area contributed by atoms with Gasteiger partial charge in [-0.2, -0.15) is 0 Å². The second-order valence-electron chi connectivity index (χ2n) is 3.29. The van der Waals surface area contributed by atoms with E-state index in [1.165, 1.54) is 14.0 Å². The van der Waals surface area contributed by atoms with Crippen molar-refractivity contribution >= 4 is 11.9 Å². The lowest BCUT2D eigenvalue weighted by molar-refractivity contribution is -0.158. The highest BCUT2D eigenvalue weighted by atomic mass is 16.5. The Labute approximate surface area is 87.5 Å². The van der Waals surface area contributed by atoms with Gasteiger partial charge in [-0.05, 0) is 12.5 Å².